The van der Waals surface area contributed by atoms with E-state index >= 15 is 0 Å². The Balaban J connectivity index is 1.89. The molecule has 3 rings (SSSR count). The van der Waals surface area contributed by atoms with E-state index in [9.17, 15) is 5.26 Å². The molecule has 0 amide bonds. The zero-order chi connectivity index (χ0) is 18.2. The van der Waals surface area contributed by atoms with Crippen molar-refractivity contribution in [2.24, 2.45) is 5.92 Å². The van der Waals surface area contributed by atoms with E-state index < -0.39 is 0 Å². The van der Waals surface area contributed by atoms with Crippen molar-refractivity contribution in [3.8, 4) is 22.9 Å². The second-order valence-electron chi connectivity index (χ2n) is 7.35. The molecule has 1 unspecified atom stereocenters. The van der Waals surface area contributed by atoms with Gasteiger partial charge in [0.1, 0.15) is 11.9 Å². The van der Waals surface area contributed by atoms with E-state index in [0.717, 1.165) is 23.3 Å². The van der Waals surface area contributed by atoms with Crippen LogP contribution in [0.1, 0.15) is 63.9 Å². The van der Waals surface area contributed by atoms with Crippen LogP contribution in [0.2, 0.25) is 0 Å². The highest BCUT2D eigenvalue weighted by Crippen LogP contribution is 2.36. The van der Waals surface area contributed by atoms with Crippen molar-refractivity contribution in [2.45, 2.75) is 64.4 Å². The van der Waals surface area contributed by atoms with Crippen molar-refractivity contribution in [1.29, 1.82) is 5.26 Å². The van der Waals surface area contributed by atoms with Gasteiger partial charge in [-0.25, -0.2) is 0 Å². The fraction of sp³-hybridized carbons (Fsp3) is 0.458. The van der Waals surface area contributed by atoms with Gasteiger partial charge in [0.2, 0.25) is 0 Å². The molecule has 1 fully saturated rings. The summed E-state index contributed by atoms with van der Waals surface area (Å²) in [6.07, 6.45) is 10.4. The number of benzene rings is 2. The second-order valence-corrected chi connectivity index (χ2v) is 7.35. The Kier molecular flexibility index (Phi) is 6.72. The van der Waals surface area contributed by atoms with Gasteiger partial charge in [0.25, 0.3) is 0 Å². The van der Waals surface area contributed by atoms with Gasteiger partial charge in [-0.1, -0.05) is 75.4 Å². The average molecular weight is 348 g/mol. The van der Waals surface area contributed by atoms with Crippen LogP contribution in [0.4, 0.5) is 0 Å². The first-order valence-corrected chi connectivity index (χ1v) is 10.1. The molecule has 136 valence electrons. The molecule has 0 bridgehead atoms. The third kappa shape index (κ3) is 4.47. The predicted octanol–water partition coefficient (Wildman–Crippen LogP) is 6.74. The molecule has 0 aromatic heterocycles. The quantitative estimate of drug-likeness (QED) is 0.555. The third-order valence-electron chi connectivity index (χ3n) is 5.52. The van der Waals surface area contributed by atoms with E-state index in [-0.39, 0.29) is 6.10 Å². The number of nitrogens with zero attached hydrogens (tertiary/aromatic N) is 1. The van der Waals surface area contributed by atoms with Crippen LogP contribution < -0.4 is 4.74 Å². The number of ether oxygens (including phenoxy) is 1. The molecule has 2 aromatic carbocycles. The van der Waals surface area contributed by atoms with Crippen molar-refractivity contribution in [1.82, 2.24) is 0 Å². The van der Waals surface area contributed by atoms with Crippen LogP contribution >= 0.6 is 0 Å². The molecule has 0 N–H and O–H groups in total. The van der Waals surface area contributed by atoms with Crippen molar-refractivity contribution in [2.75, 3.05) is 0 Å². The Morgan fingerprint density at radius 2 is 1.69 bits per heavy atom. The first kappa shape index (κ1) is 18.5. The highest BCUT2D eigenvalue weighted by molar-refractivity contribution is 5.75. The highest BCUT2D eigenvalue weighted by atomic mass is 16.5. The van der Waals surface area contributed by atoms with Crippen LogP contribution in [0.3, 0.4) is 0 Å². The topological polar surface area (TPSA) is 33.0 Å². The molecule has 0 heterocycles. The second kappa shape index (κ2) is 9.43. The van der Waals surface area contributed by atoms with Crippen molar-refractivity contribution >= 4 is 0 Å². The number of hydrogen-bond donors (Lipinski definition) is 0. The summed E-state index contributed by atoms with van der Waals surface area (Å²) in [5.74, 6) is 1.58. The van der Waals surface area contributed by atoms with Crippen LogP contribution in [0.15, 0.2) is 48.5 Å². The van der Waals surface area contributed by atoms with Crippen molar-refractivity contribution in [3.63, 3.8) is 0 Å². The molecule has 1 atom stereocenters. The summed E-state index contributed by atoms with van der Waals surface area (Å²) in [5, 5.41) is 9.48. The van der Waals surface area contributed by atoms with E-state index in [4.69, 9.17) is 4.74 Å². The summed E-state index contributed by atoms with van der Waals surface area (Å²) >= 11 is 0. The fourth-order valence-corrected chi connectivity index (χ4v) is 4.07. The van der Waals surface area contributed by atoms with Gasteiger partial charge in [-0.2, -0.15) is 5.26 Å². The third-order valence-corrected chi connectivity index (χ3v) is 5.52. The molecular weight excluding hydrogens is 318 g/mol. The summed E-state index contributed by atoms with van der Waals surface area (Å²) in [5.41, 5.74) is 2.69. The standard InChI is InChI=1S/C24H29NO/c1-2-3-16-23(19-11-5-4-6-12-19)26-24-17-10-9-15-22(24)21-14-8-7-13-20(21)18-25/h7-10,13-15,17,19,23H,2-6,11-12,16H2,1H3. The molecule has 0 saturated heterocycles. The summed E-state index contributed by atoms with van der Waals surface area (Å²) in [6.45, 7) is 2.25. The van der Waals surface area contributed by atoms with E-state index in [1.54, 1.807) is 0 Å². The first-order valence-electron chi connectivity index (χ1n) is 10.1. The minimum atomic E-state index is 0.283. The summed E-state index contributed by atoms with van der Waals surface area (Å²) in [4.78, 5) is 0. The van der Waals surface area contributed by atoms with Gasteiger partial charge < -0.3 is 4.74 Å². The molecule has 1 saturated carbocycles. The van der Waals surface area contributed by atoms with E-state index in [1.165, 1.54) is 44.9 Å². The average Bonchev–Trinajstić information content (AvgIpc) is 2.72. The largest absolute Gasteiger partial charge is 0.489 e. The minimum Gasteiger partial charge on any atom is -0.489 e. The van der Waals surface area contributed by atoms with Crippen LogP contribution in [0, 0.1) is 17.2 Å². The van der Waals surface area contributed by atoms with Crippen LogP contribution in [-0.4, -0.2) is 6.10 Å². The molecule has 1 aliphatic rings. The molecule has 0 aliphatic heterocycles. The maximum Gasteiger partial charge on any atom is 0.127 e. The van der Waals surface area contributed by atoms with Crippen LogP contribution in [0.5, 0.6) is 5.75 Å². The lowest BCUT2D eigenvalue weighted by atomic mass is 9.83. The maximum absolute atomic E-state index is 9.48. The lowest BCUT2D eigenvalue weighted by Crippen LogP contribution is -2.29. The predicted molar refractivity (Wildman–Crippen MR) is 107 cm³/mol. The SMILES string of the molecule is CCCCC(Oc1ccccc1-c1ccccc1C#N)C1CCCCC1. The molecular formula is C24H29NO. The normalized spacial score (nSPS) is 16.0. The molecule has 0 spiro atoms. The van der Waals surface area contributed by atoms with E-state index in [0.29, 0.717) is 11.5 Å². The first-order chi connectivity index (χ1) is 12.8. The Bertz CT molecular complexity index is 740. The molecule has 2 nitrogen and oxygen atoms in total. The maximum atomic E-state index is 9.48. The molecule has 2 heteroatoms. The van der Waals surface area contributed by atoms with Gasteiger partial charge in [0, 0.05) is 11.1 Å². The number of para-hydroxylation sites is 1. The Labute approximate surface area is 157 Å². The molecule has 1 aliphatic carbocycles. The zero-order valence-electron chi connectivity index (χ0n) is 15.8. The lowest BCUT2D eigenvalue weighted by Gasteiger charge is -2.31. The molecule has 0 radical (unpaired) electrons. The smallest absolute Gasteiger partial charge is 0.127 e. The number of unbranched alkanes of at least 4 members (excludes halogenated alkanes) is 1. The Morgan fingerprint density at radius 1 is 1.00 bits per heavy atom. The van der Waals surface area contributed by atoms with Gasteiger partial charge in [0.05, 0.1) is 11.6 Å². The molecule has 26 heavy (non-hydrogen) atoms. The fourth-order valence-electron chi connectivity index (χ4n) is 4.07. The summed E-state index contributed by atoms with van der Waals surface area (Å²) in [6, 6.07) is 18.3. The van der Waals surface area contributed by atoms with Gasteiger partial charge >= 0.3 is 0 Å². The van der Waals surface area contributed by atoms with Crippen LogP contribution in [-0.2, 0) is 0 Å². The van der Waals surface area contributed by atoms with E-state index in [2.05, 4.69) is 25.1 Å². The highest BCUT2D eigenvalue weighted by Gasteiger charge is 2.25. The number of hydrogen-bond acceptors (Lipinski definition) is 2. The Morgan fingerprint density at radius 3 is 2.42 bits per heavy atom. The monoisotopic (exact) mass is 347 g/mol. The van der Waals surface area contributed by atoms with Gasteiger partial charge in [-0.15, -0.1) is 0 Å². The zero-order valence-corrected chi connectivity index (χ0v) is 15.8. The van der Waals surface area contributed by atoms with Crippen LogP contribution in [0.25, 0.3) is 11.1 Å². The van der Waals surface area contributed by atoms with Crippen molar-refractivity contribution < 1.29 is 4.74 Å². The molecule has 2 aromatic rings. The van der Waals surface area contributed by atoms with Crippen molar-refractivity contribution in [3.05, 3.63) is 54.1 Å². The summed E-state index contributed by atoms with van der Waals surface area (Å²) in [7, 11) is 0. The number of nitriles is 1. The minimum absolute atomic E-state index is 0.283. The number of rotatable bonds is 7. The van der Waals surface area contributed by atoms with Gasteiger partial charge in [-0.3, -0.25) is 0 Å². The lowest BCUT2D eigenvalue weighted by molar-refractivity contribution is 0.0980. The van der Waals surface area contributed by atoms with E-state index in [1.807, 2.05) is 36.4 Å². The summed E-state index contributed by atoms with van der Waals surface area (Å²) < 4.78 is 6.63. The Hall–Kier alpha value is -2.27. The van der Waals surface area contributed by atoms with Gasteiger partial charge in [0.15, 0.2) is 0 Å². The van der Waals surface area contributed by atoms with Gasteiger partial charge in [-0.05, 0) is 37.3 Å².